The highest BCUT2D eigenvalue weighted by molar-refractivity contribution is 7.21. The minimum atomic E-state index is 0.0856. The molecule has 1 saturated heterocycles. The Labute approximate surface area is 128 Å². The first-order chi connectivity index (χ1) is 10.0. The Morgan fingerprint density at radius 2 is 2.14 bits per heavy atom. The van der Waals surface area contributed by atoms with E-state index in [1.165, 1.54) is 24.2 Å². The molecular formula is C15H22N4OS. The highest BCUT2D eigenvalue weighted by atomic mass is 32.1. The van der Waals surface area contributed by atoms with Crippen LogP contribution in [-0.2, 0) is 7.05 Å². The third-order valence-electron chi connectivity index (χ3n) is 4.39. The summed E-state index contributed by atoms with van der Waals surface area (Å²) in [4.78, 5) is 16.6. The summed E-state index contributed by atoms with van der Waals surface area (Å²) in [5.41, 5.74) is 7.75. The number of likely N-dealkylation sites (tertiary alicyclic amines) is 1. The second kappa shape index (κ2) is 5.33. The molecule has 0 aliphatic carbocycles. The van der Waals surface area contributed by atoms with E-state index in [0.717, 1.165) is 35.3 Å². The van der Waals surface area contributed by atoms with Gasteiger partial charge >= 0.3 is 0 Å². The first-order valence-electron chi connectivity index (χ1n) is 7.53. The van der Waals surface area contributed by atoms with E-state index in [9.17, 15) is 4.79 Å². The summed E-state index contributed by atoms with van der Waals surface area (Å²) in [5.74, 6) is 0.0856. The number of hydrogen-bond donors (Lipinski definition) is 1. The summed E-state index contributed by atoms with van der Waals surface area (Å²) in [5, 5.41) is 5.31. The minimum absolute atomic E-state index is 0.0856. The zero-order chi connectivity index (χ0) is 15.1. The molecule has 1 aliphatic heterocycles. The molecule has 0 aromatic carbocycles. The molecule has 2 aromatic heterocycles. The summed E-state index contributed by atoms with van der Waals surface area (Å²) >= 11 is 1.47. The van der Waals surface area contributed by atoms with Gasteiger partial charge in [-0.05, 0) is 26.7 Å². The van der Waals surface area contributed by atoms with Crippen molar-refractivity contribution in [3.05, 3.63) is 10.6 Å². The topological polar surface area (TPSA) is 64.2 Å². The van der Waals surface area contributed by atoms with Crippen molar-refractivity contribution in [2.45, 2.75) is 45.6 Å². The summed E-state index contributed by atoms with van der Waals surface area (Å²) in [6.07, 6.45) is 4.58. The Kier molecular flexibility index (Phi) is 3.65. The van der Waals surface area contributed by atoms with Crippen molar-refractivity contribution in [3.8, 4) is 0 Å². The van der Waals surface area contributed by atoms with E-state index in [1.54, 1.807) is 0 Å². The Morgan fingerprint density at radius 3 is 2.86 bits per heavy atom. The van der Waals surface area contributed by atoms with E-state index in [-0.39, 0.29) is 5.91 Å². The Morgan fingerprint density at radius 1 is 1.38 bits per heavy atom. The normalized spacial score (nSPS) is 20.0. The second-order valence-electron chi connectivity index (χ2n) is 5.93. The first-order valence-corrected chi connectivity index (χ1v) is 8.35. The SMILES string of the molecule is Cc1nn(C)c2sc(C(=O)N3CCCCCC3C)c(N)c12. The van der Waals surface area contributed by atoms with Gasteiger partial charge in [-0.15, -0.1) is 11.3 Å². The molecule has 0 radical (unpaired) electrons. The molecule has 114 valence electrons. The summed E-state index contributed by atoms with van der Waals surface area (Å²) in [7, 11) is 1.90. The lowest BCUT2D eigenvalue weighted by Gasteiger charge is -2.26. The van der Waals surface area contributed by atoms with Crippen LogP contribution in [0, 0.1) is 6.92 Å². The first kappa shape index (κ1) is 14.4. The molecule has 2 N–H and O–H groups in total. The monoisotopic (exact) mass is 306 g/mol. The fourth-order valence-corrected chi connectivity index (χ4v) is 4.34. The second-order valence-corrected chi connectivity index (χ2v) is 6.93. The molecule has 3 rings (SSSR count). The van der Waals surface area contributed by atoms with Crippen molar-refractivity contribution < 1.29 is 4.79 Å². The van der Waals surface area contributed by atoms with Gasteiger partial charge in [0.1, 0.15) is 9.71 Å². The number of hydrogen-bond acceptors (Lipinski definition) is 4. The summed E-state index contributed by atoms with van der Waals surface area (Å²) in [6.45, 7) is 4.92. The Bertz CT molecular complexity index is 687. The lowest BCUT2D eigenvalue weighted by atomic mass is 10.1. The van der Waals surface area contributed by atoms with Crippen molar-refractivity contribution in [2.75, 3.05) is 12.3 Å². The fraction of sp³-hybridized carbons (Fsp3) is 0.600. The average Bonchev–Trinajstić information content (AvgIpc) is 2.82. The van der Waals surface area contributed by atoms with Crippen LogP contribution in [-0.4, -0.2) is 33.2 Å². The van der Waals surface area contributed by atoms with E-state index in [1.807, 2.05) is 23.6 Å². The minimum Gasteiger partial charge on any atom is -0.397 e. The van der Waals surface area contributed by atoms with E-state index < -0.39 is 0 Å². The molecule has 0 bridgehead atoms. The molecule has 1 unspecified atom stereocenters. The van der Waals surface area contributed by atoms with Crippen LogP contribution in [0.25, 0.3) is 10.2 Å². The van der Waals surface area contributed by atoms with Gasteiger partial charge in [-0.3, -0.25) is 9.48 Å². The lowest BCUT2D eigenvalue weighted by molar-refractivity contribution is 0.0704. The van der Waals surface area contributed by atoms with E-state index >= 15 is 0 Å². The smallest absolute Gasteiger partial charge is 0.266 e. The van der Waals surface area contributed by atoms with Gasteiger partial charge in [-0.25, -0.2) is 0 Å². The molecule has 2 aromatic rings. The van der Waals surface area contributed by atoms with Crippen LogP contribution in [0.2, 0.25) is 0 Å². The van der Waals surface area contributed by atoms with E-state index in [0.29, 0.717) is 16.6 Å². The molecule has 3 heterocycles. The van der Waals surface area contributed by atoms with Crippen LogP contribution >= 0.6 is 11.3 Å². The van der Waals surface area contributed by atoms with E-state index in [2.05, 4.69) is 12.0 Å². The standard InChI is InChI=1S/C15H22N4OS/c1-9-7-5-4-6-8-19(9)14(20)13-12(16)11-10(2)17-18(3)15(11)21-13/h9H,4-8,16H2,1-3H3. The molecule has 1 fully saturated rings. The zero-order valence-electron chi connectivity index (χ0n) is 12.8. The number of thiophene rings is 1. The largest absolute Gasteiger partial charge is 0.397 e. The van der Waals surface area contributed by atoms with Gasteiger partial charge in [-0.1, -0.05) is 12.8 Å². The lowest BCUT2D eigenvalue weighted by Crippen LogP contribution is -2.38. The number of aromatic nitrogens is 2. The molecule has 1 amide bonds. The van der Waals surface area contributed by atoms with Crippen molar-refractivity contribution in [1.82, 2.24) is 14.7 Å². The predicted molar refractivity (Wildman–Crippen MR) is 86.7 cm³/mol. The molecular weight excluding hydrogens is 284 g/mol. The van der Waals surface area contributed by atoms with Crippen LogP contribution in [0.5, 0.6) is 0 Å². The number of rotatable bonds is 1. The van der Waals surface area contributed by atoms with E-state index in [4.69, 9.17) is 5.73 Å². The van der Waals surface area contributed by atoms with Gasteiger partial charge in [-0.2, -0.15) is 5.10 Å². The Balaban J connectivity index is 2.01. The summed E-state index contributed by atoms with van der Waals surface area (Å²) in [6, 6.07) is 0.295. The van der Waals surface area contributed by atoms with Crippen LogP contribution in [0.3, 0.4) is 0 Å². The van der Waals surface area contributed by atoms with Crippen molar-refractivity contribution in [2.24, 2.45) is 7.05 Å². The number of fused-ring (bicyclic) bond motifs is 1. The van der Waals surface area contributed by atoms with Crippen LogP contribution < -0.4 is 5.73 Å². The Hall–Kier alpha value is -1.56. The highest BCUT2D eigenvalue weighted by Crippen LogP contribution is 2.36. The number of carbonyl (C=O) groups excluding carboxylic acids is 1. The van der Waals surface area contributed by atoms with Crippen LogP contribution in [0.15, 0.2) is 0 Å². The number of carbonyl (C=O) groups is 1. The number of nitrogens with two attached hydrogens (primary N) is 1. The van der Waals surface area contributed by atoms with Gasteiger partial charge in [0.2, 0.25) is 0 Å². The van der Waals surface area contributed by atoms with Gasteiger partial charge < -0.3 is 10.6 Å². The number of nitrogens with zero attached hydrogens (tertiary/aromatic N) is 3. The third-order valence-corrected chi connectivity index (χ3v) is 5.65. The number of nitrogen functional groups attached to an aromatic ring is 1. The quantitative estimate of drug-likeness (QED) is 0.881. The fourth-order valence-electron chi connectivity index (χ4n) is 3.20. The maximum atomic E-state index is 12.9. The molecule has 0 saturated carbocycles. The molecule has 1 aliphatic rings. The number of amides is 1. The number of anilines is 1. The molecule has 1 atom stereocenters. The molecule has 21 heavy (non-hydrogen) atoms. The van der Waals surface area contributed by atoms with Crippen molar-refractivity contribution in [1.29, 1.82) is 0 Å². The highest BCUT2D eigenvalue weighted by Gasteiger charge is 2.28. The summed E-state index contributed by atoms with van der Waals surface area (Å²) < 4.78 is 1.81. The van der Waals surface area contributed by atoms with Crippen LogP contribution in [0.1, 0.15) is 48.0 Å². The number of aryl methyl sites for hydroxylation is 2. The third kappa shape index (κ3) is 2.31. The maximum Gasteiger partial charge on any atom is 0.266 e. The van der Waals surface area contributed by atoms with Gasteiger partial charge in [0.15, 0.2) is 0 Å². The predicted octanol–water partition coefficient (Wildman–Crippen LogP) is 2.93. The van der Waals surface area contributed by atoms with Crippen molar-refractivity contribution >= 4 is 33.1 Å². The van der Waals surface area contributed by atoms with Gasteiger partial charge in [0, 0.05) is 19.6 Å². The maximum absolute atomic E-state index is 12.9. The van der Waals surface area contributed by atoms with Crippen LogP contribution in [0.4, 0.5) is 5.69 Å². The van der Waals surface area contributed by atoms with Gasteiger partial charge in [0.25, 0.3) is 5.91 Å². The molecule has 5 nitrogen and oxygen atoms in total. The molecule has 6 heteroatoms. The van der Waals surface area contributed by atoms with Crippen molar-refractivity contribution in [3.63, 3.8) is 0 Å². The van der Waals surface area contributed by atoms with Gasteiger partial charge in [0.05, 0.1) is 16.8 Å². The average molecular weight is 306 g/mol. The zero-order valence-corrected chi connectivity index (χ0v) is 13.7. The molecule has 0 spiro atoms.